The monoisotopic (exact) mass is 204 g/mol. The highest BCUT2D eigenvalue weighted by molar-refractivity contribution is 7.98. The van der Waals surface area contributed by atoms with E-state index < -0.39 is 0 Å². The summed E-state index contributed by atoms with van der Waals surface area (Å²) in [6.07, 6.45) is 1.51. The Kier molecular flexibility index (Phi) is 4.04. The summed E-state index contributed by atoms with van der Waals surface area (Å²) in [6.45, 7) is 0.256. The zero-order chi connectivity index (χ0) is 9.68. The minimum absolute atomic E-state index is 0.103. The number of hydrogen-bond donors (Lipinski definition) is 2. The number of hydrogen-bond acceptors (Lipinski definition) is 4. The molecule has 0 aliphatic carbocycles. The summed E-state index contributed by atoms with van der Waals surface area (Å²) >= 11 is 1.20. The van der Waals surface area contributed by atoms with E-state index in [2.05, 4.69) is 5.32 Å². The van der Waals surface area contributed by atoms with Crippen LogP contribution in [0.25, 0.3) is 0 Å². The molecule has 1 fully saturated rings. The summed E-state index contributed by atoms with van der Waals surface area (Å²) in [5.74, 6) is 0.485. The molecule has 5 nitrogen and oxygen atoms in total. The van der Waals surface area contributed by atoms with Crippen molar-refractivity contribution in [1.82, 2.24) is 9.62 Å². The van der Waals surface area contributed by atoms with Crippen LogP contribution in [-0.2, 0) is 4.79 Å². The fraction of sp³-hybridized carbons (Fsp3) is 0.714. The minimum atomic E-state index is -0.334. The van der Waals surface area contributed by atoms with E-state index in [-0.39, 0.29) is 25.1 Å². The zero-order valence-corrected chi connectivity index (χ0v) is 7.97. The van der Waals surface area contributed by atoms with Crippen molar-refractivity contribution in [3.63, 3.8) is 0 Å². The first-order chi connectivity index (χ1) is 6.25. The van der Waals surface area contributed by atoms with Crippen LogP contribution in [-0.4, -0.2) is 40.3 Å². The third-order valence-electron chi connectivity index (χ3n) is 1.57. The van der Waals surface area contributed by atoms with Crippen molar-refractivity contribution in [2.24, 2.45) is 0 Å². The molecular formula is C7H12N2O3S. The Morgan fingerprint density at radius 1 is 1.46 bits per heavy atom. The third kappa shape index (κ3) is 2.89. The number of amides is 3. The molecule has 0 aromatic heterocycles. The predicted octanol–water partition coefficient (Wildman–Crippen LogP) is -0.0411. The standard InChI is InChI=1S/C7H12N2O3S/c10-3-1-2-4-13-9-6(11)5-8-7(9)12/h10H,1-5H2,(H,8,12). The SMILES string of the molecule is O=C1CNC(=O)N1SCCCCO. The van der Waals surface area contributed by atoms with Crippen molar-refractivity contribution in [3.8, 4) is 0 Å². The highest BCUT2D eigenvalue weighted by Gasteiger charge is 2.28. The van der Waals surface area contributed by atoms with Gasteiger partial charge in [-0.15, -0.1) is 0 Å². The van der Waals surface area contributed by atoms with Gasteiger partial charge in [-0.25, -0.2) is 9.10 Å². The lowest BCUT2D eigenvalue weighted by molar-refractivity contribution is -0.121. The first-order valence-corrected chi connectivity index (χ1v) is 5.04. The van der Waals surface area contributed by atoms with Crippen LogP contribution in [0.2, 0.25) is 0 Å². The molecule has 6 heteroatoms. The fourth-order valence-corrected chi connectivity index (χ4v) is 1.81. The molecule has 1 aliphatic heterocycles. The summed E-state index contributed by atoms with van der Waals surface area (Å²) in [7, 11) is 0. The molecule has 1 rings (SSSR count). The Morgan fingerprint density at radius 3 is 2.77 bits per heavy atom. The number of nitrogens with one attached hydrogen (secondary N) is 1. The van der Waals surface area contributed by atoms with Gasteiger partial charge in [-0.2, -0.15) is 0 Å². The Labute approximate surface area is 80.6 Å². The van der Waals surface area contributed by atoms with E-state index in [1.807, 2.05) is 0 Å². The molecule has 1 heterocycles. The van der Waals surface area contributed by atoms with Gasteiger partial charge in [0.05, 0.1) is 0 Å². The highest BCUT2D eigenvalue weighted by atomic mass is 32.2. The van der Waals surface area contributed by atoms with E-state index in [4.69, 9.17) is 5.11 Å². The molecule has 0 bridgehead atoms. The van der Waals surface area contributed by atoms with Crippen molar-refractivity contribution in [3.05, 3.63) is 0 Å². The lowest BCUT2D eigenvalue weighted by atomic mass is 10.4. The molecule has 0 radical (unpaired) electrons. The van der Waals surface area contributed by atoms with Crippen LogP contribution < -0.4 is 5.32 Å². The van der Waals surface area contributed by atoms with E-state index >= 15 is 0 Å². The Balaban J connectivity index is 2.20. The lowest BCUT2D eigenvalue weighted by Gasteiger charge is -2.09. The topological polar surface area (TPSA) is 69.6 Å². The molecule has 2 N–H and O–H groups in total. The largest absolute Gasteiger partial charge is 0.396 e. The predicted molar refractivity (Wildman–Crippen MR) is 49.0 cm³/mol. The van der Waals surface area contributed by atoms with Gasteiger partial charge in [0, 0.05) is 12.4 Å². The van der Waals surface area contributed by atoms with E-state index in [1.165, 1.54) is 11.9 Å². The van der Waals surface area contributed by atoms with E-state index in [1.54, 1.807) is 0 Å². The average molecular weight is 204 g/mol. The first-order valence-electron chi connectivity index (χ1n) is 4.10. The van der Waals surface area contributed by atoms with E-state index in [0.717, 1.165) is 10.7 Å². The van der Waals surface area contributed by atoms with Crippen molar-refractivity contribution in [2.75, 3.05) is 18.9 Å². The van der Waals surface area contributed by atoms with E-state index in [0.29, 0.717) is 12.2 Å². The molecule has 13 heavy (non-hydrogen) atoms. The van der Waals surface area contributed by atoms with Gasteiger partial charge in [-0.05, 0) is 24.8 Å². The number of unbranched alkanes of at least 4 members (excludes halogenated alkanes) is 1. The number of aliphatic hydroxyl groups excluding tert-OH is 1. The summed E-state index contributed by atoms with van der Waals surface area (Å²) in [5, 5.41) is 10.9. The minimum Gasteiger partial charge on any atom is -0.396 e. The molecule has 0 unspecified atom stereocenters. The van der Waals surface area contributed by atoms with Gasteiger partial charge in [-0.1, -0.05) is 0 Å². The molecule has 74 valence electrons. The maximum atomic E-state index is 11.0. The molecule has 0 saturated carbocycles. The highest BCUT2D eigenvalue weighted by Crippen LogP contribution is 2.15. The van der Waals surface area contributed by atoms with Crippen molar-refractivity contribution in [2.45, 2.75) is 12.8 Å². The maximum Gasteiger partial charge on any atom is 0.334 e. The molecule has 1 aliphatic rings. The van der Waals surface area contributed by atoms with Gasteiger partial charge in [0.25, 0.3) is 5.91 Å². The third-order valence-corrected chi connectivity index (χ3v) is 2.67. The van der Waals surface area contributed by atoms with Crippen LogP contribution in [0.4, 0.5) is 4.79 Å². The van der Waals surface area contributed by atoms with Crippen LogP contribution in [0.5, 0.6) is 0 Å². The second kappa shape index (κ2) is 5.08. The Morgan fingerprint density at radius 2 is 2.23 bits per heavy atom. The number of rotatable bonds is 5. The molecule has 0 aromatic carbocycles. The van der Waals surface area contributed by atoms with Gasteiger partial charge >= 0.3 is 6.03 Å². The van der Waals surface area contributed by atoms with Crippen molar-refractivity contribution < 1.29 is 14.7 Å². The lowest BCUT2D eigenvalue weighted by Crippen LogP contribution is -2.24. The van der Waals surface area contributed by atoms with Crippen LogP contribution in [0.15, 0.2) is 0 Å². The van der Waals surface area contributed by atoms with Gasteiger partial charge in [-0.3, -0.25) is 4.79 Å². The fourth-order valence-electron chi connectivity index (χ4n) is 0.908. The molecule has 0 atom stereocenters. The number of imide groups is 1. The van der Waals surface area contributed by atoms with Crippen LogP contribution in [0.1, 0.15) is 12.8 Å². The molecule has 0 spiro atoms. The molecule has 3 amide bonds. The maximum absolute atomic E-state index is 11.0. The molecule has 1 saturated heterocycles. The van der Waals surface area contributed by atoms with Crippen LogP contribution >= 0.6 is 11.9 Å². The van der Waals surface area contributed by atoms with Crippen LogP contribution in [0.3, 0.4) is 0 Å². The van der Waals surface area contributed by atoms with Crippen molar-refractivity contribution >= 4 is 23.9 Å². The van der Waals surface area contributed by atoms with Gasteiger partial charge < -0.3 is 10.4 Å². The number of carbonyl (C=O) groups is 2. The normalized spacial score (nSPS) is 16.5. The molecular weight excluding hydrogens is 192 g/mol. The van der Waals surface area contributed by atoms with Gasteiger partial charge in [0.1, 0.15) is 6.54 Å². The number of aliphatic hydroxyl groups is 1. The molecule has 0 aromatic rings. The summed E-state index contributed by atoms with van der Waals surface area (Å²) < 4.78 is 1.14. The Hall–Kier alpha value is -0.750. The van der Waals surface area contributed by atoms with Gasteiger partial charge in [0.15, 0.2) is 0 Å². The first kappa shape index (κ1) is 10.3. The summed E-state index contributed by atoms with van der Waals surface area (Å²) in [6, 6.07) is -0.334. The Bertz CT molecular complexity index is 194. The second-order valence-corrected chi connectivity index (χ2v) is 3.64. The number of urea groups is 1. The number of nitrogens with zero attached hydrogens (tertiary/aromatic N) is 1. The van der Waals surface area contributed by atoms with E-state index in [9.17, 15) is 9.59 Å². The zero-order valence-electron chi connectivity index (χ0n) is 7.15. The van der Waals surface area contributed by atoms with Crippen molar-refractivity contribution in [1.29, 1.82) is 0 Å². The second-order valence-electron chi connectivity index (χ2n) is 2.61. The summed E-state index contributed by atoms with van der Waals surface area (Å²) in [4.78, 5) is 22.0. The summed E-state index contributed by atoms with van der Waals surface area (Å²) in [5.41, 5.74) is 0. The smallest absolute Gasteiger partial charge is 0.334 e. The number of carbonyl (C=O) groups excluding carboxylic acids is 2. The quantitative estimate of drug-likeness (QED) is 0.374. The van der Waals surface area contributed by atoms with Crippen LogP contribution in [0, 0.1) is 0 Å². The average Bonchev–Trinajstić information content (AvgIpc) is 2.42. The van der Waals surface area contributed by atoms with Gasteiger partial charge in [0.2, 0.25) is 0 Å².